The Labute approximate surface area is 149 Å². The number of pyridine rings is 1. The fourth-order valence-corrected chi connectivity index (χ4v) is 2.29. The van der Waals surface area contributed by atoms with Crippen LogP contribution in [0.25, 0.3) is 0 Å². The highest BCUT2D eigenvalue weighted by Crippen LogP contribution is 2.11. The molecule has 3 heteroatoms. The van der Waals surface area contributed by atoms with Gasteiger partial charge in [-0.05, 0) is 31.5 Å². The summed E-state index contributed by atoms with van der Waals surface area (Å²) in [5.41, 5.74) is 3.15. The summed E-state index contributed by atoms with van der Waals surface area (Å²) in [6.07, 6.45) is 1.82. The Morgan fingerprint density at radius 3 is 2.04 bits per heavy atom. The fourth-order valence-electron chi connectivity index (χ4n) is 2.29. The molecule has 128 valence electrons. The molecule has 3 aromatic rings. The zero-order chi connectivity index (χ0) is 17.9. The first-order valence-electron chi connectivity index (χ1n) is 8.41. The molecule has 0 bridgehead atoms. The Balaban J connectivity index is 0.000000212. The molecule has 0 spiro atoms. The predicted molar refractivity (Wildman–Crippen MR) is 102 cm³/mol. The van der Waals surface area contributed by atoms with Crippen LogP contribution in [0, 0.1) is 0 Å². The third-order valence-electron chi connectivity index (χ3n) is 3.80. The van der Waals surface area contributed by atoms with Gasteiger partial charge in [-0.15, -0.1) is 0 Å². The first-order valence-corrected chi connectivity index (χ1v) is 8.41. The van der Waals surface area contributed by atoms with Crippen LogP contribution in [0.1, 0.15) is 41.5 Å². The number of hydrogen-bond acceptors (Lipinski definition) is 3. The van der Waals surface area contributed by atoms with Crippen molar-refractivity contribution >= 4 is 5.78 Å². The Bertz CT molecular complexity index is 743. The quantitative estimate of drug-likeness (QED) is 0.681. The van der Waals surface area contributed by atoms with Crippen LogP contribution in [-0.2, 0) is 6.54 Å². The van der Waals surface area contributed by atoms with Crippen LogP contribution in [0.3, 0.4) is 0 Å². The van der Waals surface area contributed by atoms with E-state index in [4.69, 9.17) is 0 Å². The molecule has 0 saturated heterocycles. The van der Waals surface area contributed by atoms with Crippen LogP contribution in [0.2, 0.25) is 0 Å². The van der Waals surface area contributed by atoms with E-state index in [1.165, 1.54) is 5.56 Å². The molecule has 1 unspecified atom stereocenters. The number of carbonyl (C=O) groups is 1. The number of hydrogen-bond donors (Lipinski definition) is 1. The molecule has 3 rings (SSSR count). The Morgan fingerprint density at radius 1 is 0.920 bits per heavy atom. The van der Waals surface area contributed by atoms with Crippen LogP contribution < -0.4 is 5.32 Å². The lowest BCUT2D eigenvalue weighted by Crippen LogP contribution is -2.18. The van der Waals surface area contributed by atoms with E-state index >= 15 is 0 Å². The third kappa shape index (κ3) is 6.69. The van der Waals surface area contributed by atoms with Crippen molar-refractivity contribution in [2.24, 2.45) is 0 Å². The number of aromatic nitrogens is 1. The maximum absolute atomic E-state index is 10.6. The number of carbonyl (C=O) groups excluding carboxylic acids is 1. The normalized spacial score (nSPS) is 11.1. The molecule has 0 fully saturated rings. The van der Waals surface area contributed by atoms with Crippen LogP contribution in [0.15, 0.2) is 85.1 Å². The lowest BCUT2D eigenvalue weighted by atomic mass is 10.1. The molecule has 1 atom stereocenters. The molecule has 3 nitrogen and oxygen atoms in total. The number of nitrogens with zero attached hydrogens (tertiary/aromatic N) is 1. The Morgan fingerprint density at radius 2 is 1.52 bits per heavy atom. The molecule has 0 amide bonds. The standard InChI is InChI=1S/C14H16N2.C8H8O/c1-12(13-7-3-2-4-8-13)16-11-14-9-5-6-10-15-14;1-7(9)8-5-3-2-4-6-8/h2-10,12,16H,11H2,1H3;2-6H,1H3. The zero-order valence-electron chi connectivity index (χ0n) is 14.7. The van der Waals surface area contributed by atoms with Crippen molar-refractivity contribution in [2.75, 3.05) is 0 Å². The smallest absolute Gasteiger partial charge is 0.159 e. The van der Waals surface area contributed by atoms with E-state index in [0.717, 1.165) is 17.8 Å². The van der Waals surface area contributed by atoms with Crippen molar-refractivity contribution in [1.82, 2.24) is 10.3 Å². The topological polar surface area (TPSA) is 42.0 Å². The van der Waals surface area contributed by atoms with Gasteiger partial charge in [0.1, 0.15) is 0 Å². The maximum Gasteiger partial charge on any atom is 0.159 e. The van der Waals surface area contributed by atoms with Gasteiger partial charge in [-0.2, -0.15) is 0 Å². The molecule has 1 aromatic heterocycles. The number of benzene rings is 2. The fraction of sp³-hybridized carbons (Fsp3) is 0.182. The Kier molecular flexibility index (Phi) is 7.54. The lowest BCUT2D eigenvalue weighted by molar-refractivity contribution is 0.101. The van der Waals surface area contributed by atoms with Crippen molar-refractivity contribution in [3.8, 4) is 0 Å². The number of Topliss-reactive ketones (excluding diaryl/α,β-unsaturated/α-hetero) is 1. The van der Waals surface area contributed by atoms with Gasteiger partial charge in [0.2, 0.25) is 0 Å². The molecule has 0 radical (unpaired) electrons. The third-order valence-corrected chi connectivity index (χ3v) is 3.80. The highest BCUT2D eigenvalue weighted by atomic mass is 16.1. The van der Waals surface area contributed by atoms with Crippen LogP contribution in [0.4, 0.5) is 0 Å². The minimum atomic E-state index is 0.121. The molecule has 0 aliphatic carbocycles. The van der Waals surface area contributed by atoms with Crippen molar-refractivity contribution in [3.63, 3.8) is 0 Å². The lowest BCUT2D eigenvalue weighted by Gasteiger charge is -2.13. The van der Waals surface area contributed by atoms with E-state index in [9.17, 15) is 4.79 Å². The van der Waals surface area contributed by atoms with E-state index in [2.05, 4.69) is 41.5 Å². The average molecular weight is 332 g/mol. The van der Waals surface area contributed by atoms with Gasteiger partial charge in [0, 0.05) is 24.3 Å². The van der Waals surface area contributed by atoms with Crippen LogP contribution in [0.5, 0.6) is 0 Å². The average Bonchev–Trinajstić information content (AvgIpc) is 2.69. The van der Waals surface area contributed by atoms with Gasteiger partial charge >= 0.3 is 0 Å². The highest BCUT2D eigenvalue weighted by molar-refractivity contribution is 5.93. The summed E-state index contributed by atoms with van der Waals surface area (Å²) in [6.45, 7) is 4.53. The molecule has 0 saturated carbocycles. The highest BCUT2D eigenvalue weighted by Gasteiger charge is 2.03. The summed E-state index contributed by atoms with van der Waals surface area (Å²) in [6, 6.07) is 26.0. The van der Waals surface area contributed by atoms with E-state index in [-0.39, 0.29) is 5.78 Å². The summed E-state index contributed by atoms with van der Waals surface area (Å²) < 4.78 is 0. The molecular formula is C22H24N2O. The van der Waals surface area contributed by atoms with Gasteiger partial charge in [-0.3, -0.25) is 9.78 Å². The van der Waals surface area contributed by atoms with Gasteiger partial charge in [0.05, 0.1) is 5.69 Å². The zero-order valence-corrected chi connectivity index (χ0v) is 14.7. The van der Waals surface area contributed by atoms with Gasteiger partial charge in [0.25, 0.3) is 0 Å². The number of rotatable bonds is 5. The second kappa shape index (κ2) is 10.2. The first kappa shape index (κ1) is 18.6. The predicted octanol–water partition coefficient (Wildman–Crippen LogP) is 4.82. The first-order chi connectivity index (χ1) is 12.2. The van der Waals surface area contributed by atoms with Crippen LogP contribution >= 0.6 is 0 Å². The molecular weight excluding hydrogens is 308 g/mol. The van der Waals surface area contributed by atoms with E-state index in [0.29, 0.717) is 6.04 Å². The monoisotopic (exact) mass is 332 g/mol. The maximum atomic E-state index is 10.6. The summed E-state index contributed by atoms with van der Waals surface area (Å²) in [7, 11) is 0. The van der Waals surface area contributed by atoms with Crippen molar-refractivity contribution in [3.05, 3.63) is 102 Å². The molecule has 0 aliphatic rings. The molecule has 0 aliphatic heterocycles. The Hall–Kier alpha value is -2.78. The molecule has 2 aromatic carbocycles. The van der Waals surface area contributed by atoms with Crippen LogP contribution in [-0.4, -0.2) is 10.8 Å². The van der Waals surface area contributed by atoms with Gasteiger partial charge < -0.3 is 5.32 Å². The summed E-state index contributed by atoms with van der Waals surface area (Å²) >= 11 is 0. The van der Waals surface area contributed by atoms with Gasteiger partial charge in [0.15, 0.2) is 5.78 Å². The molecule has 1 heterocycles. The van der Waals surface area contributed by atoms with Gasteiger partial charge in [-0.25, -0.2) is 0 Å². The van der Waals surface area contributed by atoms with Crippen molar-refractivity contribution < 1.29 is 4.79 Å². The molecule has 1 N–H and O–H groups in total. The van der Waals surface area contributed by atoms with E-state index < -0.39 is 0 Å². The van der Waals surface area contributed by atoms with Crippen molar-refractivity contribution in [1.29, 1.82) is 0 Å². The van der Waals surface area contributed by atoms with Crippen molar-refractivity contribution in [2.45, 2.75) is 26.4 Å². The summed E-state index contributed by atoms with van der Waals surface area (Å²) in [5, 5.41) is 3.45. The SMILES string of the molecule is CC(=O)c1ccccc1.CC(NCc1ccccn1)c1ccccc1. The second-order valence-electron chi connectivity index (χ2n) is 5.76. The number of ketones is 1. The summed E-state index contributed by atoms with van der Waals surface area (Å²) in [4.78, 5) is 14.9. The molecule has 25 heavy (non-hydrogen) atoms. The number of nitrogens with one attached hydrogen (secondary N) is 1. The van der Waals surface area contributed by atoms with E-state index in [1.54, 1.807) is 6.92 Å². The summed E-state index contributed by atoms with van der Waals surface area (Å²) in [5.74, 6) is 0.121. The minimum Gasteiger partial charge on any atom is -0.305 e. The largest absolute Gasteiger partial charge is 0.305 e. The minimum absolute atomic E-state index is 0.121. The second-order valence-corrected chi connectivity index (χ2v) is 5.76. The van der Waals surface area contributed by atoms with Gasteiger partial charge in [-0.1, -0.05) is 66.7 Å². The van der Waals surface area contributed by atoms with E-state index in [1.807, 2.05) is 60.8 Å².